The molecule has 9 heteroatoms. The average molecular weight is 371 g/mol. The van der Waals surface area contributed by atoms with E-state index >= 15 is 0 Å². The second-order valence-electron chi connectivity index (χ2n) is 4.89. The number of hydrogen-bond acceptors (Lipinski definition) is 7. The van der Waals surface area contributed by atoms with Crippen LogP contribution < -0.4 is 15.4 Å². The van der Waals surface area contributed by atoms with Gasteiger partial charge >= 0.3 is 0 Å². The first-order valence-corrected chi connectivity index (χ1v) is 9.17. The molecule has 0 atom stereocenters. The number of hydrogen-bond donors (Lipinski definition) is 1. The number of rotatable bonds is 6. The Kier molecular flexibility index (Phi) is 5.51. The van der Waals surface area contributed by atoms with Crippen LogP contribution in [0.1, 0.15) is 13.8 Å². The average Bonchev–Trinajstić information content (AvgIpc) is 2.55. The van der Waals surface area contributed by atoms with Crippen molar-refractivity contribution < 1.29 is 13.2 Å². The fourth-order valence-corrected chi connectivity index (χ4v) is 3.90. The number of ether oxygens (including phenoxy) is 1. The number of anilines is 2. The van der Waals surface area contributed by atoms with Crippen LogP contribution in [-0.4, -0.2) is 38.6 Å². The third-order valence-corrected chi connectivity index (χ3v) is 5.55. The van der Waals surface area contributed by atoms with Gasteiger partial charge in [-0.2, -0.15) is 4.98 Å². The summed E-state index contributed by atoms with van der Waals surface area (Å²) < 4.78 is 30.9. The minimum absolute atomic E-state index is 0.0802. The molecule has 24 heavy (non-hydrogen) atoms. The number of nitrogens with zero attached hydrogens (tertiary/aromatic N) is 3. The highest BCUT2D eigenvalue weighted by molar-refractivity contribution is 7.91. The molecular formula is C15H19ClN4O3S. The van der Waals surface area contributed by atoms with E-state index in [0.717, 1.165) is 0 Å². The number of methoxy groups -OCH3 is 1. The van der Waals surface area contributed by atoms with Crippen LogP contribution in [0, 0.1) is 0 Å². The Morgan fingerprint density at radius 2 is 1.92 bits per heavy atom. The lowest BCUT2D eigenvalue weighted by Gasteiger charge is -2.19. The van der Waals surface area contributed by atoms with Gasteiger partial charge in [0.1, 0.15) is 21.4 Å². The fraction of sp³-hybridized carbons (Fsp3) is 0.333. The largest absolute Gasteiger partial charge is 0.495 e. The molecule has 0 aliphatic heterocycles. The summed E-state index contributed by atoms with van der Waals surface area (Å²) >= 11 is 5.92. The predicted molar refractivity (Wildman–Crippen MR) is 93.5 cm³/mol. The molecule has 0 aliphatic carbocycles. The van der Waals surface area contributed by atoms with Crippen molar-refractivity contribution >= 4 is 33.2 Å². The van der Waals surface area contributed by atoms with Crippen LogP contribution in [0.25, 0.3) is 0 Å². The van der Waals surface area contributed by atoms with Gasteiger partial charge in [-0.15, -0.1) is 0 Å². The summed E-state index contributed by atoms with van der Waals surface area (Å²) in [6.45, 7) is 5.27. The lowest BCUT2D eigenvalue weighted by molar-refractivity contribution is 0.402. The van der Waals surface area contributed by atoms with E-state index < -0.39 is 9.84 Å². The standard InChI is InChI=1S/C15H19ClN4O3S/c1-4-20(5-2)15-18-9-13(14(17)19-15)24(21,22)12-8-10(16)6-7-11(12)23-3/h6-9H,4-5H2,1-3H3,(H2,17,18,19). The van der Waals surface area contributed by atoms with Gasteiger partial charge in [0, 0.05) is 18.1 Å². The van der Waals surface area contributed by atoms with Crippen LogP contribution in [0.2, 0.25) is 5.02 Å². The van der Waals surface area contributed by atoms with Crippen LogP contribution in [-0.2, 0) is 9.84 Å². The molecule has 2 rings (SSSR count). The zero-order valence-corrected chi connectivity index (χ0v) is 15.2. The molecule has 7 nitrogen and oxygen atoms in total. The van der Waals surface area contributed by atoms with E-state index in [-0.39, 0.29) is 26.4 Å². The van der Waals surface area contributed by atoms with Crippen molar-refractivity contribution in [1.29, 1.82) is 0 Å². The number of aromatic nitrogens is 2. The fourth-order valence-electron chi connectivity index (χ4n) is 2.22. The zero-order chi connectivity index (χ0) is 17.9. The first-order valence-electron chi connectivity index (χ1n) is 7.31. The van der Waals surface area contributed by atoms with Gasteiger partial charge in [-0.3, -0.25) is 0 Å². The van der Waals surface area contributed by atoms with Crippen molar-refractivity contribution in [2.24, 2.45) is 0 Å². The van der Waals surface area contributed by atoms with Crippen molar-refractivity contribution in [3.05, 3.63) is 29.4 Å². The van der Waals surface area contributed by atoms with E-state index in [1.54, 1.807) is 6.07 Å². The molecule has 1 aromatic heterocycles. The molecule has 2 N–H and O–H groups in total. The van der Waals surface area contributed by atoms with Gasteiger partial charge in [-0.1, -0.05) is 11.6 Å². The van der Waals surface area contributed by atoms with Gasteiger partial charge in [-0.05, 0) is 32.0 Å². The molecule has 1 aromatic carbocycles. The normalized spacial score (nSPS) is 11.3. The molecule has 0 amide bonds. The Balaban J connectivity index is 2.57. The van der Waals surface area contributed by atoms with E-state index in [2.05, 4.69) is 9.97 Å². The number of nitrogen functional groups attached to an aromatic ring is 1. The van der Waals surface area contributed by atoms with E-state index in [0.29, 0.717) is 19.0 Å². The zero-order valence-electron chi connectivity index (χ0n) is 13.7. The molecule has 0 bridgehead atoms. The quantitative estimate of drug-likeness (QED) is 0.833. The molecule has 1 heterocycles. The summed E-state index contributed by atoms with van der Waals surface area (Å²) in [4.78, 5) is 9.86. The second kappa shape index (κ2) is 7.23. The number of sulfone groups is 1. The van der Waals surface area contributed by atoms with E-state index in [1.807, 2.05) is 18.7 Å². The molecule has 0 fully saturated rings. The Hall–Kier alpha value is -2.06. The van der Waals surface area contributed by atoms with Gasteiger partial charge < -0.3 is 15.4 Å². The molecule has 0 spiro atoms. The topological polar surface area (TPSA) is 98.4 Å². The summed E-state index contributed by atoms with van der Waals surface area (Å²) in [5, 5.41) is 0.272. The maximum absolute atomic E-state index is 12.9. The molecule has 0 radical (unpaired) electrons. The monoisotopic (exact) mass is 370 g/mol. The van der Waals surface area contributed by atoms with Crippen molar-refractivity contribution in [1.82, 2.24) is 9.97 Å². The molecular weight excluding hydrogens is 352 g/mol. The summed E-state index contributed by atoms with van der Waals surface area (Å²) in [6.07, 6.45) is 1.21. The first-order chi connectivity index (χ1) is 11.3. The smallest absolute Gasteiger partial charge is 0.227 e. The number of halogens is 1. The third-order valence-electron chi connectivity index (χ3n) is 3.52. The van der Waals surface area contributed by atoms with Crippen molar-refractivity contribution in [3.63, 3.8) is 0 Å². The van der Waals surface area contributed by atoms with Gasteiger partial charge in [0.15, 0.2) is 0 Å². The van der Waals surface area contributed by atoms with Crippen LogP contribution >= 0.6 is 11.6 Å². The third kappa shape index (κ3) is 3.39. The van der Waals surface area contributed by atoms with Crippen LogP contribution in [0.15, 0.2) is 34.2 Å². The minimum Gasteiger partial charge on any atom is -0.495 e. The lowest BCUT2D eigenvalue weighted by atomic mass is 10.3. The van der Waals surface area contributed by atoms with E-state index in [1.165, 1.54) is 25.4 Å². The highest BCUT2D eigenvalue weighted by atomic mass is 35.5. The Morgan fingerprint density at radius 1 is 1.25 bits per heavy atom. The van der Waals surface area contributed by atoms with Crippen molar-refractivity contribution in [2.45, 2.75) is 23.6 Å². The summed E-state index contributed by atoms with van der Waals surface area (Å²) in [6, 6.07) is 4.34. The van der Waals surface area contributed by atoms with E-state index in [9.17, 15) is 8.42 Å². The Morgan fingerprint density at radius 3 is 2.46 bits per heavy atom. The summed E-state index contributed by atoms with van der Waals surface area (Å²) in [7, 11) is -2.59. The van der Waals surface area contributed by atoms with E-state index in [4.69, 9.17) is 22.1 Å². The molecule has 0 saturated heterocycles. The summed E-state index contributed by atoms with van der Waals surface area (Å²) in [5.74, 6) is 0.440. The SMILES string of the molecule is CCN(CC)c1ncc(S(=O)(=O)c2cc(Cl)ccc2OC)c(N)n1. The van der Waals surface area contributed by atoms with Gasteiger partial charge in [0.25, 0.3) is 0 Å². The van der Waals surface area contributed by atoms with Crippen LogP contribution in [0.4, 0.5) is 11.8 Å². The maximum Gasteiger partial charge on any atom is 0.227 e. The highest BCUT2D eigenvalue weighted by Crippen LogP contribution is 2.33. The second-order valence-corrected chi connectivity index (χ2v) is 7.21. The maximum atomic E-state index is 12.9. The summed E-state index contributed by atoms with van der Waals surface area (Å²) in [5.41, 5.74) is 5.89. The first kappa shape index (κ1) is 18.3. The molecule has 130 valence electrons. The lowest BCUT2D eigenvalue weighted by Crippen LogP contribution is -2.25. The Labute approximate surface area is 146 Å². The molecule has 0 saturated carbocycles. The number of nitrogens with two attached hydrogens (primary N) is 1. The van der Waals surface area contributed by atoms with Crippen LogP contribution in [0.5, 0.6) is 5.75 Å². The molecule has 2 aromatic rings. The van der Waals surface area contributed by atoms with Crippen LogP contribution in [0.3, 0.4) is 0 Å². The minimum atomic E-state index is -3.97. The predicted octanol–water partition coefficient (Wildman–Crippen LogP) is 2.40. The van der Waals surface area contributed by atoms with Crippen molar-refractivity contribution in [3.8, 4) is 5.75 Å². The highest BCUT2D eigenvalue weighted by Gasteiger charge is 2.27. The van der Waals surface area contributed by atoms with Gasteiger partial charge in [0.2, 0.25) is 15.8 Å². The molecule has 0 unspecified atom stereocenters. The van der Waals surface area contributed by atoms with Crippen molar-refractivity contribution in [2.75, 3.05) is 30.8 Å². The molecule has 0 aliphatic rings. The van der Waals surface area contributed by atoms with Gasteiger partial charge in [-0.25, -0.2) is 13.4 Å². The Bertz CT molecular complexity index is 839. The number of benzene rings is 1. The van der Waals surface area contributed by atoms with Gasteiger partial charge in [0.05, 0.1) is 13.3 Å².